The van der Waals surface area contributed by atoms with Gasteiger partial charge in [-0.05, 0) is 42.4 Å². The molecule has 0 bridgehead atoms. The Hall–Kier alpha value is -2.29. The van der Waals surface area contributed by atoms with Crippen molar-refractivity contribution in [1.29, 1.82) is 0 Å². The fourth-order valence-electron chi connectivity index (χ4n) is 3.32. The summed E-state index contributed by atoms with van der Waals surface area (Å²) in [5.74, 6) is 0.00178. The number of para-hydroxylation sites is 1. The van der Waals surface area contributed by atoms with E-state index >= 15 is 0 Å². The fraction of sp³-hybridized carbons (Fsp3) is 0.350. The second kappa shape index (κ2) is 6.45. The topological polar surface area (TPSA) is 40.5 Å². The third-order valence-corrected chi connectivity index (χ3v) is 4.84. The highest BCUT2D eigenvalue weighted by atomic mass is 16.3. The minimum Gasteiger partial charge on any atom is -0.507 e. The van der Waals surface area contributed by atoms with Crippen LogP contribution in [0.4, 0.5) is 0 Å². The molecule has 1 saturated heterocycles. The minimum atomic E-state index is -0.0634. The molecule has 0 spiro atoms. The Labute approximate surface area is 137 Å². The maximum absolute atomic E-state index is 12.6. The Morgan fingerprint density at radius 3 is 2.57 bits per heavy atom. The Morgan fingerprint density at radius 1 is 1.13 bits per heavy atom. The summed E-state index contributed by atoms with van der Waals surface area (Å²) in [4.78, 5) is 14.5. The molecule has 1 heterocycles. The van der Waals surface area contributed by atoms with Gasteiger partial charge in [-0.3, -0.25) is 4.79 Å². The van der Waals surface area contributed by atoms with Gasteiger partial charge >= 0.3 is 0 Å². The van der Waals surface area contributed by atoms with Crippen molar-refractivity contribution in [3.63, 3.8) is 0 Å². The van der Waals surface area contributed by atoms with Crippen molar-refractivity contribution in [3.8, 4) is 5.75 Å². The van der Waals surface area contributed by atoms with Crippen LogP contribution in [0.5, 0.6) is 5.75 Å². The first kappa shape index (κ1) is 15.6. The molecule has 2 aromatic carbocycles. The number of benzene rings is 2. The van der Waals surface area contributed by atoms with Crippen LogP contribution in [0, 0.1) is 5.41 Å². The van der Waals surface area contributed by atoms with Crippen LogP contribution in [0.15, 0.2) is 54.6 Å². The van der Waals surface area contributed by atoms with Gasteiger partial charge in [0, 0.05) is 13.1 Å². The molecule has 3 rings (SSSR count). The van der Waals surface area contributed by atoms with Crippen LogP contribution in [0.3, 0.4) is 0 Å². The van der Waals surface area contributed by atoms with Crippen molar-refractivity contribution in [1.82, 2.24) is 4.90 Å². The predicted octanol–water partition coefficient (Wildman–Crippen LogP) is 3.88. The second-order valence-electron chi connectivity index (χ2n) is 6.79. The van der Waals surface area contributed by atoms with E-state index in [0.717, 1.165) is 32.4 Å². The summed E-state index contributed by atoms with van der Waals surface area (Å²) < 4.78 is 0. The summed E-state index contributed by atoms with van der Waals surface area (Å²) >= 11 is 0. The van der Waals surface area contributed by atoms with E-state index in [0.29, 0.717) is 5.56 Å². The molecule has 1 N–H and O–H groups in total. The van der Waals surface area contributed by atoms with E-state index in [1.165, 1.54) is 5.56 Å². The Kier molecular flexibility index (Phi) is 4.37. The van der Waals surface area contributed by atoms with E-state index in [-0.39, 0.29) is 17.1 Å². The SMILES string of the molecule is CC1(CCc2ccccc2)CCN(C(=O)c2ccccc2O)C1. The molecule has 0 aliphatic carbocycles. The standard InChI is InChI=1S/C20H23NO2/c1-20(12-11-16-7-3-2-4-8-16)13-14-21(15-20)19(23)17-9-5-6-10-18(17)22/h2-10,22H,11-15H2,1H3. The average Bonchev–Trinajstić information content (AvgIpc) is 2.97. The number of aromatic hydroxyl groups is 1. The molecule has 1 aliphatic rings. The fourth-order valence-corrected chi connectivity index (χ4v) is 3.32. The van der Waals surface area contributed by atoms with Gasteiger partial charge in [0.05, 0.1) is 5.56 Å². The van der Waals surface area contributed by atoms with Crippen LogP contribution in [-0.4, -0.2) is 29.0 Å². The number of likely N-dealkylation sites (tertiary alicyclic amines) is 1. The third kappa shape index (κ3) is 3.55. The molecule has 23 heavy (non-hydrogen) atoms. The maximum atomic E-state index is 12.6. The number of rotatable bonds is 4. The molecule has 1 fully saturated rings. The van der Waals surface area contributed by atoms with Crippen LogP contribution in [0.25, 0.3) is 0 Å². The van der Waals surface area contributed by atoms with E-state index in [2.05, 4.69) is 31.2 Å². The number of hydrogen-bond donors (Lipinski definition) is 1. The molecule has 1 aliphatic heterocycles. The van der Waals surface area contributed by atoms with E-state index in [1.54, 1.807) is 24.3 Å². The van der Waals surface area contributed by atoms with E-state index in [9.17, 15) is 9.90 Å². The lowest BCUT2D eigenvalue weighted by Gasteiger charge is -2.25. The van der Waals surface area contributed by atoms with Crippen LogP contribution >= 0.6 is 0 Å². The number of carbonyl (C=O) groups excluding carboxylic acids is 1. The number of amides is 1. The summed E-state index contributed by atoms with van der Waals surface area (Å²) in [5, 5.41) is 9.88. The first-order chi connectivity index (χ1) is 11.1. The van der Waals surface area contributed by atoms with Crippen molar-refractivity contribution in [2.45, 2.75) is 26.2 Å². The Balaban J connectivity index is 1.63. The van der Waals surface area contributed by atoms with Gasteiger partial charge in [-0.25, -0.2) is 0 Å². The largest absolute Gasteiger partial charge is 0.507 e. The summed E-state index contributed by atoms with van der Waals surface area (Å²) in [5.41, 5.74) is 1.90. The van der Waals surface area contributed by atoms with E-state index in [4.69, 9.17) is 0 Å². The summed E-state index contributed by atoms with van der Waals surface area (Å²) in [6.07, 6.45) is 3.12. The zero-order valence-electron chi connectivity index (χ0n) is 13.5. The first-order valence-electron chi connectivity index (χ1n) is 8.19. The third-order valence-electron chi connectivity index (χ3n) is 4.84. The van der Waals surface area contributed by atoms with Crippen LogP contribution in [0.1, 0.15) is 35.7 Å². The van der Waals surface area contributed by atoms with Gasteiger partial charge in [-0.1, -0.05) is 49.4 Å². The molecule has 0 radical (unpaired) electrons. The van der Waals surface area contributed by atoms with Crippen LogP contribution in [0.2, 0.25) is 0 Å². The van der Waals surface area contributed by atoms with Crippen molar-refractivity contribution in [3.05, 3.63) is 65.7 Å². The number of carbonyl (C=O) groups is 1. The van der Waals surface area contributed by atoms with Crippen molar-refractivity contribution < 1.29 is 9.90 Å². The Morgan fingerprint density at radius 2 is 1.83 bits per heavy atom. The normalized spacial score (nSPS) is 20.7. The van der Waals surface area contributed by atoms with Crippen molar-refractivity contribution >= 4 is 5.91 Å². The maximum Gasteiger partial charge on any atom is 0.257 e. The molecule has 0 saturated carbocycles. The molecule has 3 nitrogen and oxygen atoms in total. The molecule has 2 aromatic rings. The Bertz CT molecular complexity index is 683. The highest BCUT2D eigenvalue weighted by Crippen LogP contribution is 2.35. The highest BCUT2D eigenvalue weighted by molar-refractivity contribution is 5.97. The van der Waals surface area contributed by atoms with Gasteiger partial charge in [0.2, 0.25) is 0 Å². The summed E-state index contributed by atoms with van der Waals surface area (Å²) in [6.45, 7) is 3.78. The van der Waals surface area contributed by atoms with Gasteiger partial charge in [0.15, 0.2) is 0 Å². The molecule has 0 aromatic heterocycles. The van der Waals surface area contributed by atoms with Crippen LogP contribution < -0.4 is 0 Å². The van der Waals surface area contributed by atoms with Crippen molar-refractivity contribution in [2.75, 3.05) is 13.1 Å². The van der Waals surface area contributed by atoms with Crippen molar-refractivity contribution in [2.24, 2.45) is 5.41 Å². The lowest BCUT2D eigenvalue weighted by Crippen LogP contribution is -2.31. The zero-order chi connectivity index (χ0) is 16.3. The molecule has 3 heteroatoms. The minimum absolute atomic E-state index is 0.0634. The predicted molar refractivity (Wildman–Crippen MR) is 91.5 cm³/mol. The second-order valence-corrected chi connectivity index (χ2v) is 6.79. The summed E-state index contributed by atoms with van der Waals surface area (Å²) in [6, 6.07) is 17.3. The number of phenolic OH excluding ortho intramolecular Hbond substituents is 1. The molecule has 1 unspecified atom stereocenters. The molecule has 1 atom stereocenters. The average molecular weight is 309 g/mol. The lowest BCUT2D eigenvalue weighted by atomic mass is 9.83. The van der Waals surface area contributed by atoms with Gasteiger partial charge in [0.25, 0.3) is 5.91 Å². The zero-order valence-corrected chi connectivity index (χ0v) is 13.5. The van der Waals surface area contributed by atoms with Crippen LogP contribution in [-0.2, 0) is 6.42 Å². The van der Waals surface area contributed by atoms with Gasteiger partial charge in [-0.15, -0.1) is 0 Å². The molecule has 120 valence electrons. The molecule has 1 amide bonds. The number of hydrogen-bond acceptors (Lipinski definition) is 2. The van der Waals surface area contributed by atoms with E-state index in [1.807, 2.05) is 11.0 Å². The number of phenols is 1. The summed E-state index contributed by atoms with van der Waals surface area (Å²) in [7, 11) is 0. The highest BCUT2D eigenvalue weighted by Gasteiger charge is 2.36. The lowest BCUT2D eigenvalue weighted by molar-refractivity contribution is 0.0770. The van der Waals surface area contributed by atoms with Gasteiger partial charge in [-0.2, -0.15) is 0 Å². The molecular weight excluding hydrogens is 286 g/mol. The number of aryl methyl sites for hydroxylation is 1. The van der Waals surface area contributed by atoms with Gasteiger partial charge < -0.3 is 10.0 Å². The number of nitrogens with zero attached hydrogens (tertiary/aromatic N) is 1. The quantitative estimate of drug-likeness (QED) is 0.931. The monoisotopic (exact) mass is 309 g/mol. The van der Waals surface area contributed by atoms with E-state index < -0.39 is 0 Å². The molecular formula is C20H23NO2. The first-order valence-corrected chi connectivity index (χ1v) is 8.19. The smallest absolute Gasteiger partial charge is 0.257 e. The van der Waals surface area contributed by atoms with Gasteiger partial charge in [0.1, 0.15) is 5.75 Å².